The molecule has 2 atom stereocenters. The Morgan fingerprint density at radius 2 is 2.03 bits per heavy atom. The van der Waals surface area contributed by atoms with Gasteiger partial charge in [-0.1, -0.05) is 13.0 Å². The van der Waals surface area contributed by atoms with Crippen molar-refractivity contribution in [2.75, 3.05) is 6.54 Å². The minimum atomic E-state index is -0.933. The summed E-state index contributed by atoms with van der Waals surface area (Å²) in [6.07, 6.45) is 2.97. The van der Waals surface area contributed by atoms with Gasteiger partial charge in [-0.15, -0.1) is 16.4 Å². The van der Waals surface area contributed by atoms with Crippen LogP contribution in [-0.4, -0.2) is 50.2 Å². The van der Waals surface area contributed by atoms with Gasteiger partial charge in [-0.05, 0) is 68.3 Å². The molecule has 0 spiro atoms. The van der Waals surface area contributed by atoms with Gasteiger partial charge in [0, 0.05) is 12.6 Å². The lowest BCUT2D eigenvalue weighted by Gasteiger charge is -2.36. The van der Waals surface area contributed by atoms with E-state index in [1.807, 2.05) is 22.4 Å². The van der Waals surface area contributed by atoms with Crippen molar-refractivity contribution in [3.8, 4) is 16.4 Å². The number of hydrogen-bond donors (Lipinski definition) is 0. The van der Waals surface area contributed by atoms with E-state index in [4.69, 9.17) is 4.74 Å². The first kappa shape index (κ1) is 22.1. The fraction of sp³-hybridized carbons (Fsp3) is 0.391. The molecule has 1 aromatic carbocycles. The summed E-state index contributed by atoms with van der Waals surface area (Å²) in [6.45, 7) is 4.32. The van der Waals surface area contributed by atoms with Crippen molar-refractivity contribution >= 4 is 23.2 Å². The van der Waals surface area contributed by atoms with Crippen LogP contribution in [0.5, 0.6) is 0 Å². The topological polar surface area (TPSA) is 77.3 Å². The highest BCUT2D eigenvalue weighted by Crippen LogP contribution is 2.26. The Balaban J connectivity index is 1.56. The predicted octanol–water partition coefficient (Wildman–Crippen LogP) is 4.47. The Kier molecular flexibility index (Phi) is 6.64. The van der Waals surface area contributed by atoms with Gasteiger partial charge < -0.3 is 9.64 Å². The van der Waals surface area contributed by atoms with Crippen molar-refractivity contribution < 1.29 is 18.7 Å². The van der Waals surface area contributed by atoms with E-state index in [-0.39, 0.29) is 23.6 Å². The minimum absolute atomic E-state index is 0.150. The number of rotatable bonds is 6. The highest BCUT2D eigenvalue weighted by Gasteiger charge is 2.31. The van der Waals surface area contributed by atoms with E-state index in [0.29, 0.717) is 18.1 Å². The first-order valence-corrected chi connectivity index (χ1v) is 11.6. The lowest BCUT2D eigenvalue weighted by Crippen LogP contribution is -2.48. The normalized spacial score (nSPS) is 17.2. The molecule has 0 aliphatic carbocycles. The molecule has 3 heterocycles. The SMILES string of the molecule is CCC1CCCCN1C(=O)C(C)OC(=O)c1nc(-c2cccs2)n(-c2ccc(F)cc2)n1. The summed E-state index contributed by atoms with van der Waals surface area (Å²) in [5.41, 5.74) is 0.560. The summed E-state index contributed by atoms with van der Waals surface area (Å²) < 4.78 is 20.3. The van der Waals surface area contributed by atoms with Crippen molar-refractivity contribution in [2.45, 2.75) is 51.7 Å². The van der Waals surface area contributed by atoms with Crippen LogP contribution < -0.4 is 0 Å². The number of likely N-dealkylation sites (tertiary alicyclic amines) is 1. The third kappa shape index (κ3) is 4.57. The number of piperidine rings is 1. The van der Waals surface area contributed by atoms with E-state index in [1.54, 1.807) is 19.1 Å². The van der Waals surface area contributed by atoms with Crippen molar-refractivity contribution in [1.82, 2.24) is 19.7 Å². The number of aromatic nitrogens is 3. The molecule has 0 radical (unpaired) electrons. The predicted molar refractivity (Wildman–Crippen MR) is 119 cm³/mol. The summed E-state index contributed by atoms with van der Waals surface area (Å²) in [5.74, 6) is -1.04. The van der Waals surface area contributed by atoms with Gasteiger partial charge in [-0.3, -0.25) is 4.79 Å². The van der Waals surface area contributed by atoms with Gasteiger partial charge in [-0.2, -0.15) is 4.98 Å². The maximum Gasteiger partial charge on any atom is 0.379 e. The van der Waals surface area contributed by atoms with Crippen LogP contribution in [0.15, 0.2) is 41.8 Å². The van der Waals surface area contributed by atoms with Crippen LogP contribution in [-0.2, 0) is 9.53 Å². The average molecular weight is 457 g/mol. The molecule has 9 heteroatoms. The maximum absolute atomic E-state index is 13.4. The Bertz CT molecular complexity index is 1080. The Labute approximate surface area is 189 Å². The van der Waals surface area contributed by atoms with Gasteiger partial charge >= 0.3 is 5.97 Å². The Morgan fingerprint density at radius 3 is 2.72 bits per heavy atom. The molecule has 1 aliphatic heterocycles. The number of hydrogen-bond acceptors (Lipinski definition) is 6. The molecule has 3 aromatic rings. The largest absolute Gasteiger partial charge is 0.447 e. The molecule has 1 amide bonds. The molecular formula is C23H25FN4O3S. The Morgan fingerprint density at radius 1 is 1.25 bits per heavy atom. The fourth-order valence-corrected chi connectivity index (χ4v) is 4.64. The molecule has 1 aliphatic rings. The van der Waals surface area contributed by atoms with Crippen molar-refractivity contribution in [1.29, 1.82) is 0 Å². The number of carbonyl (C=O) groups is 2. The second-order valence-electron chi connectivity index (χ2n) is 7.76. The van der Waals surface area contributed by atoms with E-state index in [1.165, 1.54) is 28.2 Å². The fourth-order valence-electron chi connectivity index (χ4n) is 3.94. The molecule has 1 saturated heterocycles. The van der Waals surface area contributed by atoms with E-state index in [0.717, 1.165) is 30.6 Å². The van der Waals surface area contributed by atoms with Gasteiger partial charge in [-0.25, -0.2) is 13.9 Å². The molecule has 7 nitrogen and oxygen atoms in total. The number of amides is 1. The van der Waals surface area contributed by atoms with Crippen LogP contribution in [0.4, 0.5) is 4.39 Å². The molecule has 168 valence electrons. The van der Waals surface area contributed by atoms with E-state index in [2.05, 4.69) is 17.0 Å². The van der Waals surface area contributed by atoms with Crippen LogP contribution in [0, 0.1) is 5.82 Å². The second kappa shape index (κ2) is 9.60. The summed E-state index contributed by atoms with van der Waals surface area (Å²) in [6, 6.07) is 9.65. The molecule has 4 rings (SSSR count). The maximum atomic E-state index is 13.4. The highest BCUT2D eigenvalue weighted by atomic mass is 32.1. The third-order valence-corrected chi connectivity index (χ3v) is 6.48. The zero-order valence-electron chi connectivity index (χ0n) is 18.0. The summed E-state index contributed by atoms with van der Waals surface area (Å²) in [5, 5.41) is 6.20. The minimum Gasteiger partial charge on any atom is -0.447 e. The molecule has 1 fully saturated rings. The quantitative estimate of drug-likeness (QED) is 0.512. The van der Waals surface area contributed by atoms with Crippen LogP contribution >= 0.6 is 11.3 Å². The van der Waals surface area contributed by atoms with Crippen LogP contribution in [0.25, 0.3) is 16.4 Å². The number of carbonyl (C=O) groups excluding carboxylic acids is 2. The molecule has 2 unspecified atom stereocenters. The molecular weight excluding hydrogens is 431 g/mol. The molecule has 0 saturated carbocycles. The zero-order chi connectivity index (χ0) is 22.7. The standard InChI is InChI=1S/C23H25FN4O3S/c1-3-17-7-4-5-13-27(17)22(29)15(2)31-23(30)20-25-21(19-8-6-14-32-19)28(26-20)18-11-9-16(24)10-12-18/h6,8-12,14-15,17H,3-5,7,13H2,1-2H3. The molecule has 0 N–H and O–H groups in total. The summed E-state index contributed by atoms with van der Waals surface area (Å²) in [4.78, 5) is 32.7. The smallest absolute Gasteiger partial charge is 0.379 e. The van der Waals surface area contributed by atoms with Crippen molar-refractivity contribution in [3.05, 3.63) is 53.4 Å². The Hall–Kier alpha value is -3.07. The van der Waals surface area contributed by atoms with Gasteiger partial charge in [0.05, 0.1) is 10.6 Å². The summed E-state index contributed by atoms with van der Waals surface area (Å²) >= 11 is 1.44. The number of benzene rings is 1. The van der Waals surface area contributed by atoms with Gasteiger partial charge in [0.1, 0.15) is 5.82 Å². The zero-order valence-corrected chi connectivity index (χ0v) is 18.8. The van der Waals surface area contributed by atoms with Crippen molar-refractivity contribution in [3.63, 3.8) is 0 Å². The van der Waals surface area contributed by atoms with Crippen LogP contribution in [0.3, 0.4) is 0 Å². The lowest BCUT2D eigenvalue weighted by molar-refractivity contribution is -0.143. The van der Waals surface area contributed by atoms with E-state index >= 15 is 0 Å². The van der Waals surface area contributed by atoms with E-state index in [9.17, 15) is 14.0 Å². The number of halogens is 1. The molecule has 0 bridgehead atoms. The average Bonchev–Trinajstić information content (AvgIpc) is 3.49. The van der Waals surface area contributed by atoms with Gasteiger partial charge in [0.2, 0.25) is 0 Å². The number of nitrogens with zero attached hydrogens (tertiary/aromatic N) is 4. The van der Waals surface area contributed by atoms with Crippen LogP contribution in [0.1, 0.15) is 50.1 Å². The van der Waals surface area contributed by atoms with Gasteiger partial charge in [0.15, 0.2) is 11.9 Å². The first-order valence-electron chi connectivity index (χ1n) is 10.8. The number of ether oxygens (including phenoxy) is 1. The van der Waals surface area contributed by atoms with Crippen molar-refractivity contribution in [2.24, 2.45) is 0 Å². The number of esters is 1. The molecule has 2 aromatic heterocycles. The first-order chi connectivity index (χ1) is 15.5. The third-order valence-electron chi connectivity index (χ3n) is 5.62. The number of thiophene rings is 1. The lowest BCUT2D eigenvalue weighted by atomic mass is 9.99. The van der Waals surface area contributed by atoms with E-state index < -0.39 is 12.1 Å². The van der Waals surface area contributed by atoms with Gasteiger partial charge in [0.25, 0.3) is 11.7 Å². The molecule has 32 heavy (non-hydrogen) atoms. The second-order valence-corrected chi connectivity index (χ2v) is 8.71. The van der Waals surface area contributed by atoms with Crippen LogP contribution in [0.2, 0.25) is 0 Å². The monoisotopic (exact) mass is 456 g/mol. The highest BCUT2D eigenvalue weighted by molar-refractivity contribution is 7.13. The summed E-state index contributed by atoms with van der Waals surface area (Å²) in [7, 11) is 0.